The SMILES string of the molecule is C=CC[C@H](C(=O)OC(C)(C)C)[C@@H](CC(C)C)C(=O)O. The van der Waals surface area contributed by atoms with Gasteiger partial charge in [-0.15, -0.1) is 6.58 Å². The summed E-state index contributed by atoms with van der Waals surface area (Å²) in [6, 6.07) is 0. The molecule has 0 aromatic rings. The Balaban J connectivity index is 5.07. The maximum atomic E-state index is 12.1. The molecule has 0 aliphatic rings. The molecule has 0 aliphatic heterocycles. The number of carboxylic acids is 1. The lowest BCUT2D eigenvalue weighted by molar-refractivity contribution is -0.167. The average Bonchev–Trinajstić information content (AvgIpc) is 2.19. The molecule has 0 spiro atoms. The third-order valence-corrected chi connectivity index (χ3v) is 2.66. The molecule has 4 nitrogen and oxygen atoms in total. The summed E-state index contributed by atoms with van der Waals surface area (Å²) < 4.78 is 5.32. The molecule has 0 radical (unpaired) electrons. The smallest absolute Gasteiger partial charge is 0.310 e. The predicted octanol–water partition coefficient (Wildman–Crippen LogP) is 3.27. The lowest BCUT2D eigenvalue weighted by Gasteiger charge is -2.27. The van der Waals surface area contributed by atoms with Gasteiger partial charge < -0.3 is 9.84 Å². The number of carbonyl (C=O) groups excluding carboxylic acids is 1. The first-order chi connectivity index (χ1) is 8.58. The Morgan fingerprint density at radius 2 is 1.79 bits per heavy atom. The van der Waals surface area contributed by atoms with Gasteiger partial charge >= 0.3 is 11.9 Å². The first kappa shape index (κ1) is 17.7. The number of rotatable bonds is 7. The topological polar surface area (TPSA) is 63.6 Å². The second-order valence-corrected chi connectivity index (χ2v) is 6.24. The van der Waals surface area contributed by atoms with Gasteiger partial charge in [0.05, 0.1) is 11.8 Å². The molecule has 0 aromatic carbocycles. The van der Waals surface area contributed by atoms with E-state index in [-0.39, 0.29) is 5.92 Å². The van der Waals surface area contributed by atoms with Crippen molar-refractivity contribution in [3.63, 3.8) is 0 Å². The van der Waals surface area contributed by atoms with Crippen LogP contribution in [0.1, 0.15) is 47.5 Å². The highest BCUT2D eigenvalue weighted by Gasteiger charge is 2.35. The third-order valence-electron chi connectivity index (χ3n) is 2.66. The number of esters is 1. The van der Waals surface area contributed by atoms with Crippen LogP contribution in [0.25, 0.3) is 0 Å². The monoisotopic (exact) mass is 270 g/mol. The molecule has 0 unspecified atom stereocenters. The van der Waals surface area contributed by atoms with Crippen LogP contribution in [-0.2, 0) is 14.3 Å². The van der Waals surface area contributed by atoms with Crippen LogP contribution in [0.5, 0.6) is 0 Å². The predicted molar refractivity (Wildman–Crippen MR) is 74.7 cm³/mol. The highest BCUT2D eigenvalue weighted by molar-refractivity contribution is 5.81. The summed E-state index contributed by atoms with van der Waals surface area (Å²) in [5.41, 5.74) is -0.614. The Morgan fingerprint density at radius 3 is 2.11 bits per heavy atom. The Morgan fingerprint density at radius 1 is 1.26 bits per heavy atom. The van der Waals surface area contributed by atoms with Crippen molar-refractivity contribution >= 4 is 11.9 Å². The first-order valence-electron chi connectivity index (χ1n) is 6.65. The summed E-state index contributed by atoms with van der Waals surface area (Å²) in [6.45, 7) is 12.8. The number of hydrogen-bond donors (Lipinski definition) is 1. The van der Waals surface area contributed by atoms with Gasteiger partial charge in [-0.25, -0.2) is 0 Å². The van der Waals surface area contributed by atoms with Crippen molar-refractivity contribution in [3.8, 4) is 0 Å². The molecule has 0 heterocycles. The Labute approximate surface area is 115 Å². The van der Waals surface area contributed by atoms with E-state index in [0.29, 0.717) is 12.8 Å². The molecule has 0 bridgehead atoms. The fourth-order valence-corrected chi connectivity index (χ4v) is 1.93. The van der Waals surface area contributed by atoms with Crippen LogP contribution in [0.3, 0.4) is 0 Å². The average molecular weight is 270 g/mol. The van der Waals surface area contributed by atoms with Crippen LogP contribution >= 0.6 is 0 Å². The van der Waals surface area contributed by atoms with Gasteiger partial charge in [0, 0.05) is 0 Å². The van der Waals surface area contributed by atoms with Crippen LogP contribution in [0.4, 0.5) is 0 Å². The number of allylic oxidation sites excluding steroid dienone is 1. The van der Waals surface area contributed by atoms with Crippen molar-refractivity contribution in [3.05, 3.63) is 12.7 Å². The molecular weight excluding hydrogens is 244 g/mol. The molecule has 0 saturated heterocycles. The lowest BCUT2D eigenvalue weighted by atomic mass is 9.83. The summed E-state index contributed by atoms with van der Waals surface area (Å²) in [5.74, 6) is -2.60. The van der Waals surface area contributed by atoms with E-state index in [4.69, 9.17) is 4.74 Å². The summed E-state index contributed by atoms with van der Waals surface area (Å²) in [6.07, 6.45) is 2.34. The van der Waals surface area contributed by atoms with Gasteiger partial charge in [-0.1, -0.05) is 19.9 Å². The van der Waals surface area contributed by atoms with E-state index >= 15 is 0 Å². The highest BCUT2D eigenvalue weighted by atomic mass is 16.6. The van der Waals surface area contributed by atoms with Crippen molar-refractivity contribution < 1.29 is 19.4 Å². The van der Waals surface area contributed by atoms with E-state index in [2.05, 4.69) is 6.58 Å². The Bertz CT molecular complexity index is 326. The second-order valence-electron chi connectivity index (χ2n) is 6.24. The van der Waals surface area contributed by atoms with Crippen molar-refractivity contribution in [1.29, 1.82) is 0 Å². The highest BCUT2D eigenvalue weighted by Crippen LogP contribution is 2.27. The first-order valence-corrected chi connectivity index (χ1v) is 6.65. The molecule has 19 heavy (non-hydrogen) atoms. The minimum absolute atomic E-state index is 0.204. The number of carboxylic acid groups (broad SMARTS) is 1. The number of aliphatic carboxylic acids is 1. The van der Waals surface area contributed by atoms with Crippen LogP contribution in [0.2, 0.25) is 0 Å². The van der Waals surface area contributed by atoms with Gasteiger partial charge in [0.1, 0.15) is 5.60 Å². The largest absolute Gasteiger partial charge is 0.481 e. The number of ether oxygens (including phenoxy) is 1. The fraction of sp³-hybridized carbons (Fsp3) is 0.733. The fourth-order valence-electron chi connectivity index (χ4n) is 1.93. The van der Waals surface area contributed by atoms with E-state index in [0.717, 1.165) is 0 Å². The Kier molecular flexibility index (Phi) is 6.81. The van der Waals surface area contributed by atoms with Gasteiger partial charge in [-0.05, 0) is 39.5 Å². The molecule has 2 atom stereocenters. The number of carbonyl (C=O) groups is 2. The van der Waals surface area contributed by atoms with Crippen molar-refractivity contribution in [1.82, 2.24) is 0 Å². The van der Waals surface area contributed by atoms with Crippen molar-refractivity contribution in [2.75, 3.05) is 0 Å². The molecule has 0 rings (SSSR count). The van der Waals surface area contributed by atoms with E-state index < -0.39 is 29.4 Å². The van der Waals surface area contributed by atoms with Gasteiger partial charge in [-0.2, -0.15) is 0 Å². The summed E-state index contributed by atoms with van der Waals surface area (Å²) in [7, 11) is 0. The molecule has 110 valence electrons. The molecule has 1 N–H and O–H groups in total. The maximum Gasteiger partial charge on any atom is 0.310 e. The van der Waals surface area contributed by atoms with Gasteiger partial charge in [0.25, 0.3) is 0 Å². The second kappa shape index (κ2) is 7.31. The molecular formula is C15H26O4. The molecule has 0 aliphatic carbocycles. The van der Waals surface area contributed by atoms with E-state index in [1.165, 1.54) is 0 Å². The van der Waals surface area contributed by atoms with Gasteiger partial charge in [0.2, 0.25) is 0 Å². The Hall–Kier alpha value is -1.32. The minimum Gasteiger partial charge on any atom is -0.481 e. The normalized spacial score (nSPS) is 14.8. The zero-order valence-electron chi connectivity index (χ0n) is 12.6. The van der Waals surface area contributed by atoms with Gasteiger partial charge in [0.15, 0.2) is 0 Å². The number of hydrogen-bond acceptors (Lipinski definition) is 3. The van der Waals surface area contributed by atoms with Crippen LogP contribution in [-0.4, -0.2) is 22.6 Å². The molecule has 0 aromatic heterocycles. The summed E-state index contributed by atoms with van der Waals surface area (Å²) in [4.78, 5) is 23.5. The van der Waals surface area contributed by atoms with Gasteiger partial charge in [-0.3, -0.25) is 9.59 Å². The molecule has 4 heteroatoms. The van der Waals surface area contributed by atoms with E-state index in [1.54, 1.807) is 26.8 Å². The van der Waals surface area contributed by atoms with E-state index in [9.17, 15) is 14.7 Å². The van der Waals surface area contributed by atoms with Crippen molar-refractivity contribution in [2.24, 2.45) is 17.8 Å². The lowest BCUT2D eigenvalue weighted by Crippen LogP contribution is -2.36. The summed E-state index contributed by atoms with van der Waals surface area (Å²) >= 11 is 0. The van der Waals surface area contributed by atoms with Crippen molar-refractivity contribution in [2.45, 2.75) is 53.1 Å². The quantitative estimate of drug-likeness (QED) is 0.569. The molecule has 0 saturated carbocycles. The zero-order chi connectivity index (χ0) is 15.2. The van der Waals surface area contributed by atoms with Crippen LogP contribution in [0, 0.1) is 17.8 Å². The minimum atomic E-state index is -0.952. The van der Waals surface area contributed by atoms with E-state index in [1.807, 2.05) is 13.8 Å². The standard InChI is InChI=1S/C15H26O4/c1-7-8-11(14(18)19-15(4,5)6)12(13(16)17)9-10(2)3/h7,10-12H,1,8-9H2,2-6H3,(H,16,17)/t11-,12+/m0/s1. The van der Waals surface area contributed by atoms with Crippen LogP contribution in [0.15, 0.2) is 12.7 Å². The maximum absolute atomic E-state index is 12.1. The molecule has 0 fully saturated rings. The molecule has 0 amide bonds. The zero-order valence-corrected chi connectivity index (χ0v) is 12.6. The van der Waals surface area contributed by atoms with Crippen LogP contribution < -0.4 is 0 Å². The third kappa shape index (κ3) is 6.99. The summed E-state index contributed by atoms with van der Waals surface area (Å²) in [5, 5.41) is 9.32.